The Morgan fingerprint density at radius 1 is 0.513 bits per heavy atom. The molecule has 4 aromatic rings. The normalized spacial score (nSPS) is 19.1. The monoisotopic (exact) mass is 504 g/mol. The second-order valence-corrected chi connectivity index (χ2v) is 11.3. The molecule has 4 heterocycles. The first kappa shape index (κ1) is 21.3. The molecule has 5 aliphatic rings. The van der Waals surface area contributed by atoms with Gasteiger partial charge < -0.3 is 9.80 Å². The summed E-state index contributed by atoms with van der Waals surface area (Å²) in [6, 6.07) is 36.7. The zero-order chi connectivity index (χ0) is 25.6. The van der Waals surface area contributed by atoms with E-state index in [2.05, 4.69) is 141 Å². The van der Waals surface area contributed by atoms with Gasteiger partial charge in [0.2, 0.25) is 0 Å². The van der Waals surface area contributed by atoms with Gasteiger partial charge in [0.05, 0.1) is 16.8 Å². The number of nitrogens with zero attached hydrogens (tertiary/aromatic N) is 4. The van der Waals surface area contributed by atoms with Gasteiger partial charge in [-0.2, -0.15) is 0 Å². The van der Waals surface area contributed by atoms with Crippen LogP contribution in [0.4, 0.5) is 0 Å². The van der Waals surface area contributed by atoms with Crippen LogP contribution in [0, 0.1) is 0 Å². The lowest BCUT2D eigenvalue weighted by Crippen LogP contribution is -2.43. The zero-order valence-corrected chi connectivity index (χ0v) is 21.7. The average molecular weight is 505 g/mol. The van der Waals surface area contributed by atoms with Crippen LogP contribution < -0.4 is 0 Å². The van der Waals surface area contributed by atoms with E-state index >= 15 is 0 Å². The number of benzene rings is 4. The molecule has 8 bridgehead atoms. The Morgan fingerprint density at radius 2 is 1.00 bits per heavy atom. The molecular formula is C35H28N4. The number of hydrogen-bond acceptors (Lipinski definition) is 4. The van der Waals surface area contributed by atoms with Crippen LogP contribution in [0.5, 0.6) is 0 Å². The Morgan fingerprint density at radius 3 is 1.51 bits per heavy atom. The van der Waals surface area contributed by atoms with Crippen molar-refractivity contribution in [2.24, 2.45) is 0 Å². The zero-order valence-electron chi connectivity index (χ0n) is 21.7. The van der Waals surface area contributed by atoms with Crippen molar-refractivity contribution >= 4 is 0 Å². The van der Waals surface area contributed by atoms with Crippen molar-refractivity contribution in [1.29, 1.82) is 0 Å². The highest BCUT2D eigenvalue weighted by Crippen LogP contribution is 2.56. The van der Waals surface area contributed by atoms with Crippen molar-refractivity contribution in [2.45, 2.75) is 18.5 Å². The molecule has 0 fully saturated rings. The summed E-state index contributed by atoms with van der Waals surface area (Å²) in [6.45, 7) is 3.47. The van der Waals surface area contributed by atoms with Gasteiger partial charge in [0, 0.05) is 25.5 Å². The SMILES string of the molecule is C1=CC2=CN3Cc4cccc(c4)C4(c5cccc(c5)CN5C=C1N(C5)N2C3)c1ccccc1-c1ccccc14. The van der Waals surface area contributed by atoms with Crippen LogP contribution in [0.25, 0.3) is 11.1 Å². The topological polar surface area (TPSA) is 13.0 Å². The maximum atomic E-state index is 2.46. The Labute approximate surface area is 229 Å². The molecular weight excluding hydrogens is 476 g/mol. The second-order valence-electron chi connectivity index (χ2n) is 11.3. The lowest BCUT2D eigenvalue weighted by atomic mass is 9.67. The fourth-order valence-electron chi connectivity index (χ4n) is 7.45. The van der Waals surface area contributed by atoms with Gasteiger partial charge in [-0.05, 0) is 56.7 Å². The van der Waals surface area contributed by atoms with Gasteiger partial charge in [-0.15, -0.1) is 0 Å². The molecule has 188 valence electrons. The van der Waals surface area contributed by atoms with Gasteiger partial charge >= 0.3 is 0 Å². The lowest BCUT2D eigenvalue weighted by Gasteiger charge is -2.37. The van der Waals surface area contributed by atoms with Gasteiger partial charge in [-0.25, -0.2) is 0 Å². The highest BCUT2D eigenvalue weighted by atomic mass is 15.7. The molecule has 0 atom stereocenters. The van der Waals surface area contributed by atoms with Crippen molar-refractivity contribution < 1.29 is 0 Å². The third kappa shape index (κ3) is 2.89. The first-order chi connectivity index (χ1) is 19.3. The number of allylic oxidation sites excluding steroid dienone is 2. The van der Waals surface area contributed by atoms with Gasteiger partial charge in [-0.1, -0.05) is 97.1 Å². The molecule has 0 saturated heterocycles. The Kier molecular flexibility index (Phi) is 4.18. The molecule has 39 heavy (non-hydrogen) atoms. The summed E-state index contributed by atoms with van der Waals surface area (Å²) in [5.74, 6) is 0. The van der Waals surface area contributed by atoms with Crippen molar-refractivity contribution in [3.05, 3.63) is 166 Å². The van der Waals surface area contributed by atoms with E-state index in [1.54, 1.807) is 0 Å². The first-order valence-electron chi connectivity index (χ1n) is 13.8. The van der Waals surface area contributed by atoms with Crippen LogP contribution in [0.3, 0.4) is 0 Å². The highest BCUT2D eigenvalue weighted by Gasteiger charge is 2.46. The largest absolute Gasteiger partial charge is 0.352 e. The fraction of sp³-hybridized carbons (Fsp3) is 0.143. The summed E-state index contributed by atoms with van der Waals surface area (Å²) in [7, 11) is 0. The number of hydrazine groups is 1. The van der Waals surface area contributed by atoms with E-state index in [0.29, 0.717) is 0 Å². The van der Waals surface area contributed by atoms with Crippen molar-refractivity contribution in [1.82, 2.24) is 19.8 Å². The van der Waals surface area contributed by atoms with E-state index in [1.165, 1.54) is 55.9 Å². The fourth-order valence-corrected chi connectivity index (χ4v) is 7.45. The molecule has 9 rings (SSSR count). The molecule has 0 N–H and O–H groups in total. The van der Waals surface area contributed by atoms with E-state index in [4.69, 9.17) is 0 Å². The summed E-state index contributed by atoms with van der Waals surface area (Å²) in [5.41, 5.74) is 12.9. The summed E-state index contributed by atoms with van der Waals surface area (Å²) in [5, 5.41) is 4.83. The molecule has 0 saturated carbocycles. The van der Waals surface area contributed by atoms with Crippen LogP contribution in [0.1, 0.15) is 33.4 Å². The number of rotatable bonds is 0. The molecule has 0 radical (unpaired) electrons. The summed E-state index contributed by atoms with van der Waals surface area (Å²) < 4.78 is 0. The molecule has 4 aromatic carbocycles. The van der Waals surface area contributed by atoms with Crippen molar-refractivity contribution in [3.63, 3.8) is 0 Å². The van der Waals surface area contributed by atoms with E-state index in [1.807, 2.05) is 0 Å². The van der Waals surface area contributed by atoms with Crippen molar-refractivity contribution in [3.8, 4) is 11.1 Å². The quantitative estimate of drug-likeness (QED) is 0.243. The predicted molar refractivity (Wildman–Crippen MR) is 154 cm³/mol. The van der Waals surface area contributed by atoms with Gasteiger partial charge in [0.1, 0.15) is 13.3 Å². The van der Waals surface area contributed by atoms with Crippen LogP contribution in [-0.2, 0) is 18.5 Å². The predicted octanol–water partition coefficient (Wildman–Crippen LogP) is 6.38. The Bertz CT molecular complexity index is 1630. The van der Waals surface area contributed by atoms with Crippen LogP contribution in [0.2, 0.25) is 0 Å². The standard InChI is InChI=1S/C35H28N4/c1-3-13-33-31(11-1)32-12-2-4-14-34(32)35(33)27-9-5-7-25(17-27)19-36-21-29-15-16-30-22-37(24-39(30)38(29)23-36)20-26-8-6-10-28(35)18-26/h1-18,21-22H,19-20,23-24H2. The highest BCUT2D eigenvalue weighted by molar-refractivity contribution is 5.86. The first-order valence-corrected chi connectivity index (χ1v) is 13.8. The number of hydrogen-bond donors (Lipinski definition) is 0. The van der Waals surface area contributed by atoms with Crippen LogP contribution in [-0.4, -0.2) is 33.2 Å². The van der Waals surface area contributed by atoms with E-state index < -0.39 is 0 Å². The van der Waals surface area contributed by atoms with Crippen molar-refractivity contribution in [2.75, 3.05) is 13.3 Å². The minimum Gasteiger partial charge on any atom is -0.352 e. The van der Waals surface area contributed by atoms with Crippen LogP contribution in [0.15, 0.2) is 133 Å². The number of fused-ring (bicyclic) bond motifs is 13. The minimum absolute atomic E-state index is 0.370. The molecule has 1 aliphatic carbocycles. The molecule has 0 unspecified atom stereocenters. The minimum atomic E-state index is -0.370. The third-order valence-electron chi connectivity index (χ3n) is 9.02. The third-order valence-corrected chi connectivity index (χ3v) is 9.02. The summed E-state index contributed by atoms with van der Waals surface area (Å²) in [6.07, 6.45) is 9.13. The maximum Gasteiger partial charge on any atom is 0.110 e. The summed E-state index contributed by atoms with van der Waals surface area (Å²) in [4.78, 5) is 4.88. The smallest absolute Gasteiger partial charge is 0.110 e. The molecule has 0 amide bonds. The maximum absolute atomic E-state index is 2.46. The lowest BCUT2D eigenvalue weighted by molar-refractivity contribution is 0.0144. The molecule has 0 aromatic heterocycles. The summed E-state index contributed by atoms with van der Waals surface area (Å²) >= 11 is 0. The second kappa shape index (κ2) is 7.67. The Hall–Kier alpha value is -4.70. The molecule has 1 spiro atoms. The van der Waals surface area contributed by atoms with Gasteiger partial charge in [-0.3, -0.25) is 10.0 Å². The van der Waals surface area contributed by atoms with Gasteiger partial charge in [0.25, 0.3) is 0 Å². The van der Waals surface area contributed by atoms with Gasteiger partial charge in [0.15, 0.2) is 0 Å². The average Bonchev–Trinajstić information content (AvgIpc) is 3.65. The Balaban J connectivity index is 1.32. The molecule has 4 aliphatic heterocycles. The van der Waals surface area contributed by atoms with E-state index in [9.17, 15) is 0 Å². The molecule has 4 nitrogen and oxygen atoms in total. The molecule has 4 heteroatoms. The van der Waals surface area contributed by atoms with Crippen LogP contribution >= 0.6 is 0 Å². The van der Waals surface area contributed by atoms with E-state index in [-0.39, 0.29) is 5.41 Å². The van der Waals surface area contributed by atoms with E-state index in [0.717, 1.165) is 26.4 Å².